The molecule has 0 saturated heterocycles. The van der Waals surface area contributed by atoms with Crippen LogP contribution in [0.2, 0.25) is 0 Å². The van der Waals surface area contributed by atoms with E-state index in [-0.39, 0.29) is 13.2 Å². The molecule has 0 radical (unpaired) electrons. The standard InChI is InChI=1S/C29H27NO2/c1-19(2)30-28-13-11-24(22-7-3-20(17-31)4-8-22)15-26(28)27-16-25(12-14-29(27)30)23-9-5-21(18-32)6-10-23/h3-16,19,31-32H,17-18H2,1-2H3. The first-order valence-electron chi connectivity index (χ1n) is 11.1. The fourth-order valence-corrected chi connectivity index (χ4v) is 4.57. The summed E-state index contributed by atoms with van der Waals surface area (Å²) >= 11 is 0. The normalized spacial score (nSPS) is 11.7. The van der Waals surface area contributed by atoms with E-state index in [1.807, 2.05) is 24.3 Å². The lowest BCUT2D eigenvalue weighted by atomic mass is 9.99. The molecule has 3 nitrogen and oxygen atoms in total. The van der Waals surface area contributed by atoms with Crippen LogP contribution in [0.15, 0.2) is 84.9 Å². The topological polar surface area (TPSA) is 45.4 Å². The molecule has 1 aromatic heterocycles. The molecule has 0 saturated carbocycles. The molecule has 0 aliphatic carbocycles. The molecular formula is C29H27NO2. The van der Waals surface area contributed by atoms with E-state index >= 15 is 0 Å². The van der Waals surface area contributed by atoms with Crippen molar-refractivity contribution in [2.75, 3.05) is 0 Å². The largest absolute Gasteiger partial charge is 0.392 e. The second kappa shape index (κ2) is 8.27. The van der Waals surface area contributed by atoms with Crippen molar-refractivity contribution in [3.8, 4) is 22.3 Å². The summed E-state index contributed by atoms with van der Waals surface area (Å²) < 4.78 is 2.40. The van der Waals surface area contributed by atoms with Crippen molar-refractivity contribution < 1.29 is 10.2 Å². The lowest BCUT2D eigenvalue weighted by Crippen LogP contribution is -1.99. The van der Waals surface area contributed by atoms with Gasteiger partial charge in [0, 0.05) is 27.8 Å². The van der Waals surface area contributed by atoms with Gasteiger partial charge in [-0.15, -0.1) is 0 Å². The van der Waals surface area contributed by atoms with E-state index in [1.165, 1.54) is 32.9 Å². The van der Waals surface area contributed by atoms with Crippen LogP contribution in [-0.2, 0) is 13.2 Å². The van der Waals surface area contributed by atoms with Crippen LogP contribution in [0.3, 0.4) is 0 Å². The van der Waals surface area contributed by atoms with Crippen molar-refractivity contribution in [3.63, 3.8) is 0 Å². The highest BCUT2D eigenvalue weighted by Crippen LogP contribution is 2.37. The van der Waals surface area contributed by atoms with Gasteiger partial charge in [0.05, 0.1) is 13.2 Å². The molecule has 0 bridgehead atoms. The zero-order valence-corrected chi connectivity index (χ0v) is 18.4. The van der Waals surface area contributed by atoms with Gasteiger partial charge in [0.15, 0.2) is 0 Å². The molecule has 32 heavy (non-hydrogen) atoms. The minimum Gasteiger partial charge on any atom is -0.392 e. The zero-order chi connectivity index (χ0) is 22.2. The van der Waals surface area contributed by atoms with E-state index in [2.05, 4.69) is 79.1 Å². The summed E-state index contributed by atoms with van der Waals surface area (Å²) in [4.78, 5) is 0. The highest BCUT2D eigenvalue weighted by molar-refractivity contribution is 6.10. The molecule has 1 heterocycles. The fourth-order valence-electron chi connectivity index (χ4n) is 4.57. The Morgan fingerprint density at radius 1 is 0.562 bits per heavy atom. The SMILES string of the molecule is CC(C)n1c2ccc(-c3ccc(CO)cc3)cc2c2cc(-c3ccc(CO)cc3)ccc21. The maximum atomic E-state index is 9.35. The number of rotatable bonds is 5. The number of benzene rings is 4. The monoisotopic (exact) mass is 421 g/mol. The molecule has 0 aliphatic heterocycles. The summed E-state index contributed by atoms with van der Waals surface area (Å²) in [7, 11) is 0. The van der Waals surface area contributed by atoms with Gasteiger partial charge in [-0.2, -0.15) is 0 Å². The Bertz CT molecular complexity index is 1290. The van der Waals surface area contributed by atoms with Gasteiger partial charge in [-0.1, -0.05) is 60.7 Å². The molecule has 5 rings (SSSR count). The van der Waals surface area contributed by atoms with Crippen molar-refractivity contribution in [2.24, 2.45) is 0 Å². The lowest BCUT2D eigenvalue weighted by molar-refractivity contribution is 0.281. The van der Waals surface area contributed by atoms with E-state index in [1.54, 1.807) is 0 Å². The maximum Gasteiger partial charge on any atom is 0.0681 e. The Morgan fingerprint density at radius 3 is 1.28 bits per heavy atom. The molecule has 3 heteroatoms. The lowest BCUT2D eigenvalue weighted by Gasteiger charge is -2.12. The van der Waals surface area contributed by atoms with Crippen LogP contribution in [0.1, 0.15) is 31.0 Å². The zero-order valence-electron chi connectivity index (χ0n) is 18.4. The number of aliphatic hydroxyl groups is 2. The van der Waals surface area contributed by atoms with E-state index in [4.69, 9.17) is 0 Å². The molecule has 5 aromatic rings. The van der Waals surface area contributed by atoms with Crippen LogP contribution in [-0.4, -0.2) is 14.8 Å². The molecule has 160 valence electrons. The molecule has 0 fully saturated rings. The third kappa shape index (κ3) is 3.50. The number of hydrogen-bond acceptors (Lipinski definition) is 2. The van der Waals surface area contributed by atoms with Crippen LogP contribution >= 0.6 is 0 Å². The number of aromatic nitrogens is 1. The molecule has 0 unspecified atom stereocenters. The molecule has 4 aromatic carbocycles. The number of nitrogens with zero attached hydrogens (tertiary/aromatic N) is 1. The van der Waals surface area contributed by atoms with Crippen LogP contribution in [0.4, 0.5) is 0 Å². The van der Waals surface area contributed by atoms with Gasteiger partial charge in [0.1, 0.15) is 0 Å². The van der Waals surface area contributed by atoms with Crippen LogP contribution < -0.4 is 0 Å². The Labute approximate surface area is 188 Å². The predicted octanol–water partition coefficient (Wildman–Crippen LogP) is 6.69. The average molecular weight is 422 g/mol. The number of hydrogen-bond donors (Lipinski definition) is 2. The van der Waals surface area contributed by atoms with E-state index in [0.717, 1.165) is 22.3 Å². The highest BCUT2D eigenvalue weighted by atomic mass is 16.3. The van der Waals surface area contributed by atoms with Crippen LogP contribution in [0.25, 0.3) is 44.1 Å². The van der Waals surface area contributed by atoms with Crippen molar-refractivity contribution >= 4 is 21.8 Å². The van der Waals surface area contributed by atoms with Crippen molar-refractivity contribution in [3.05, 3.63) is 96.1 Å². The molecule has 0 spiro atoms. The van der Waals surface area contributed by atoms with Crippen LogP contribution in [0, 0.1) is 0 Å². The van der Waals surface area contributed by atoms with Crippen molar-refractivity contribution in [2.45, 2.75) is 33.1 Å². The Morgan fingerprint density at radius 2 is 0.938 bits per heavy atom. The summed E-state index contributed by atoms with van der Waals surface area (Å²) in [5.41, 5.74) is 8.93. The van der Waals surface area contributed by atoms with E-state index < -0.39 is 0 Å². The molecular weight excluding hydrogens is 394 g/mol. The Hall–Kier alpha value is -3.40. The molecule has 2 N–H and O–H groups in total. The summed E-state index contributed by atoms with van der Waals surface area (Å²) in [6.07, 6.45) is 0. The van der Waals surface area contributed by atoms with Gasteiger partial charge in [-0.3, -0.25) is 0 Å². The summed E-state index contributed by atoms with van der Waals surface area (Å²) in [5.74, 6) is 0. The maximum absolute atomic E-state index is 9.35. The third-order valence-electron chi connectivity index (χ3n) is 6.26. The second-order valence-corrected chi connectivity index (χ2v) is 8.64. The number of fused-ring (bicyclic) bond motifs is 3. The van der Waals surface area contributed by atoms with Gasteiger partial charge < -0.3 is 14.8 Å². The average Bonchev–Trinajstić information content (AvgIpc) is 3.17. The summed E-state index contributed by atoms with van der Waals surface area (Å²) in [5, 5.41) is 21.2. The first-order chi connectivity index (χ1) is 15.6. The first kappa shape index (κ1) is 20.5. The third-order valence-corrected chi connectivity index (χ3v) is 6.26. The predicted molar refractivity (Wildman–Crippen MR) is 133 cm³/mol. The van der Waals surface area contributed by atoms with Crippen LogP contribution in [0.5, 0.6) is 0 Å². The Kier molecular flexibility index (Phi) is 5.30. The highest BCUT2D eigenvalue weighted by Gasteiger charge is 2.15. The van der Waals surface area contributed by atoms with Gasteiger partial charge >= 0.3 is 0 Å². The van der Waals surface area contributed by atoms with Gasteiger partial charge in [-0.05, 0) is 71.5 Å². The minimum absolute atomic E-state index is 0.0588. The number of aliphatic hydroxyl groups excluding tert-OH is 2. The summed E-state index contributed by atoms with van der Waals surface area (Å²) in [6.45, 7) is 4.57. The Balaban J connectivity index is 1.70. The fraction of sp³-hybridized carbons (Fsp3) is 0.172. The van der Waals surface area contributed by atoms with E-state index in [0.29, 0.717) is 6.04 Å². The van der Waals surface area contributed by atoms with Gasteiger partial charge in [-0.25, -0.2) is 0 Å². The molecule has 0 aliphatic rings. The van der Waals surface area contributed by atoms with E-state index in [9.17, 15) is 10.2 Å². The van der Waals surface area contributed by atoms with Gasteiger partial charge in [0.2, 0.25) is 0 Å². The minimum atomic E-state index is 0.0588. The summed E-state index contributed by atoms with van der Waals surface area (Å²) in [6, 6.07) is 29.9. The first-order valence-corrected chi connectivity index (χ1v) is 11.1. The second-order valence-electron chi connectivity index (χ2n) is 8.64. The quantitative estimate of drug-likeness (QED) is 0.332. The van der Waals surface area contributed by atoms with Crippen molar-refractivity contribution in [1.82, 2.24) is 4.57 Å². The smallest absolute Gasteiger partial charge is 0.0681 e. The van der Waals surface area contributed by atoms with Crippen molar-refractivity contribution in [1.29, 1.82) is 0 Å². The molecule has 0 amide bonds. The van der Waals surface area contributed by atoms with Gasteiger partial charge in [0.25, 0.3) is 0 Å². The molecule has 0 atom stereocenters.